The van der Waals surface area contributed by atoms with E-state index in [2.05, 4.69) is 15.0 Å². The first-order valence-corrected chi connectivity index (χ1v) is 7.19. The fourth-order valence-electron chi connectivity index (χ4n) is 2.52. The number of imidazole rings is 1. The summed E-state index contributed by atoms with van der Waals surface area (Å²) in [5.74, 6) is -0.733. The number of oxazole rings is 1. The topological polar surface area (TPSA) is 94.0 Å². The summed E-state index contributed by atoms with van der Waals surface area (Å²) in [5.41, 5.74) is 3.77. The number of benzene rings is 1. The van der Waals surface area contributed by atoms with Crippen molar-refractivity contribution in [2.75, 3.05) is 0 Å². The third kappa shape index (κ3) is 2.32. The summed E-state index contributed by atoms with van der Waals surface area (Å²) in [6.45, 7) is 0. The van der Waals surface area contributed by atoms with Crippen molar-refractivity contribution in [1.29, 1.82) is 0 Å². The van der Waals surface area contributed by atoms with Crippen molar-refractivity contribution in [2.45, 2.75) is 0 Å². The van der Waals surface area contributed by atoms with Crippen LogP contribution in [0.1, 0.15) is 10.5 Å². The Balaban J connectivity index is 1.80. The molecule has 0 saturated carbocycles. The highest BCUT2D eigenvalue weighted by atomic mass is 16.4. The Morgan fingerprint density at radius 2 is 2.08 bits per heavy atom. The second-order valence-corrected chi connectivity index (χ2v) is 5.33. The van der Waals surface area contributed by atoms with E-state index in [0.717, 1.165) is 11.3 Å². The predicted octanol–water partition coefficient (Wildman–Crippen LogP) is 2.99. The molecule has 0 spiro atoms. The van der Waals surface area contributed by atoms with Gasteiger partial charge in [-0.25, -0.2) is 19.7 Å². The SMILES string of the molecule is Cn1cncc1-c1ccc2nc(-c3ccnc(C(=O)O)c3)oc2c1. The molecule has 0 aliphatic carbocycles. The Kier molecular flexibility index (Phi) is 3.13. The molecule has 4 aromatic rings. The third-order valence-corrected chi connectivity index (χ3v) is 3.73. The number of rotatable bonds is 3. The van der Waals surface area contributed by atoms with Crippen molar-refractivity contribution >= 4 is 17.1 Å². The van der Waals surface area contributed by atoms with Gasteiger partial charge in [-0.2, -0.15) is 0 Å². The maximum absolute atomic E-state index is 11.0. The fraction of sp³-hybridized carbons (Fsp3) is 0.0588. The van der Waals surface area contributed by atoms with Gasteiger partial charge in [0.05, 0.1) is 18.2 Å². The van der Waals surface area contributed by atoms with E-state index in [9.17, 15) is 4.79 Å². The summed E-state index contributed by atoms with van der Waals surface area (Å²) in [4.78, 5) is 23.4. The van der Waals surface area contributed by atoms with Crippen molar-refractivity contribution in [1.82, 2.24) is 19.5 Å². The molecule has 0 radical (unpaired) electrons. The van der Waals surface area contributed by atoms with Crippen LogP contribution < -0.4 is 0 Å². The van der Waals surface area contributed by atoms with Crippen LogP contribution in [-0.4, -0.2) is 30.6 Å². The van der Waals surface area contributed by atoms with Gasteiger partial charge < -0.3 is 14.1 Å². The minimum absolute atomic E-state index is 0.0506. The standard InChI is InChI=1S/C17H12N4O3/c1-21-9-18-8-14(21)10-2-3-12-15(7-10)24-16(20-12)11-4-5-19-13(6-11)17(22)23/h2-9H,1H3,(H,22,23). The zero-order valence-corrected chi connectivity index (χ0v) is 12.7. The Hall–Kier alpha value is -3.48. The Morgan fingerprint density at radius 3 is 2.83 bits per heavy atom. The largest absolute Gasteiger partial charge is 0.477 e. The van der Waals surface area contributed by atoms with Crippen LogP contribution in [0.5, 0.6) is 0 Å². The van der Waals surface area contributed by atoms with Gasteiger partial charge in [-0.15, -0.1) is 0 Å². The molecule has 0 aliphatic heterocycles. The van der Waals surface area contributed by atoms with Crippen LogP contribution in [0.3, 0.4) is 0 Å². The van der Waals surface area contributed by atoms with Crippen LogP contribution in [0.4, 0.5) is 0 Å². The first-order valence-electron chi connectivity index (χ1n) is 7.19. The molecular formula is C17H12N4O3. The van der Waals surface area contributed by atoms with E-state index in [1.54, 1.807) is 18.6 Å². The van der Waals surface area contributed by atoms with Gasteiger partial charge in [0.25, 0.3) is 0 Å². The Bertz CT molecular complexity index is 1060. The number of nitrogens with zero attached hydrogens (tertiary/aromatic N) is 4. The molecule has 4 rings (SSSR count). The molecule has 0 fully saturated rings. The van der Waals surface area contributed by atoms with Gasteiger partial charge >= 0.3 is 5.97 Å². The summed E-state index contributed by atoms with van der Waals surface area (Å²) >= 11 is 0. The zero-order valence-electron chi connectivity index (χ0n) is 12.7. The summed E-state index contributed by atoms with van der Waals surface area (Å²) in [5, 5.41) is 9.04. The lowest BCUT2D eigenvalue weighted by Crippen LogP contribution is -1.99. The minimum Gasteiger partial charge on any atom is -0.477 e. The first-order chi connectivity index (χ1) is 11.6. The smallest absolute Gasteiger partial charge is 0.354 e. The highest BCUT2D eigenvalue weighted by molar-refractivity contribution is 5.87. The number of pyridine rings is 1. The van der Waals surface area contributed by atoms with E-state index in [0.29, 0.717) is 22.6 Å². The predicted molar refractivity (Wildman–Crippen MR) is 86.4 cm³/mol. The number of carboxylic acid groups (broad SMARTS) is 1. The molecule has 3 heterocycles. The van der Waals surface area contributed by atoms with E-state index >= 15 is 0 Å². The molecule has 0 saturated heterocycles. The number of carbonyl (C=O) groups is 1. The second kappa shape index (κ2) is 5.31. The fourth-order valence-corrected chi connectivity index (χ4v) is 2.52. The average Bonchev–Trinajstić information content (AvgIpc) is 3.20. The normalized spacial score (nSPS) is 11.0. The molecule has 1 N–H and O–H groups in total. The summed E-state index contributed by atoms with van der Waals surface area (Å²) in [6, 6.07) is 8.81. The molecule has 7 nitrogen and oxygen atoms in total. The van der Waals surface area contributed by atoms with Crippen LogP contribution in [-0.2, 0) is 7.05 Å². The van der Waals surface area contributed by atoms with Crippen molar-refractivity contribution in [3.8, 4) is 22.7 Å². The molecule has 0 atom stereocenters. The van der Waals surface area contributed by atoms with Gasteiger partial charge in [-0.3, -0.25) is 0 Å². The second-order valence-electron chi connectivity index (χ2n) is 5.33. The Labute approximate surface area is 136 Å². The number of aromatic carboxylic acids is 1. The quantitative estimate of drug-likeness (QED) is 0.623. The maximum atomic E-state index is 11.0. The number of hydrogen-bond donors (Lipinski definition) is 1. The van der Waals surface area contributed by atoms with Gasteiger partial charge in [0.15, 0.2) is 5.58 Å². The highest BCUT2D eigenvalue weighted by Crippen LogP contribution is 2.28. The molecule has 1 aromatic carbocycles. The summed E-state index contributed by atoms with van der Waals surface area (Å²) < 4.78 is 7.72. The van der Waals surface area contributed by atoms with E-state index < -0.39 is 5.97 Å². The third-order valence-electron chi connectivity index (χ3n) is 3.73. The molecule has 7 heteroatoms. The minimum atomic E-state index is -1.09. The number of carboxylic acids is 1. The molecule has 0 bridgehead atoms. The van der Waals surface area contributed by atoms with Crippen molar-refractivity contribution in [3.63, 3.8) is 0 Å². The van der Waals surface area contributed by atoms with E-state index in [1.165, 1.54) is 12.3 Å². The number of fused-ring (bicyclic) bond motifs is 1. The Morgan fingerprint density at radius 1 is 1.21 bits per heavy atom. The van der Waals surface area contributed by atoms with Gasteiger partial charge in [-0.05, 0) is 24.3 Å². The highest BCUT2D eigenvalue weighted by Gasteiger charge is 2.13. The van der Waals surface area contributed by atoms with Crippen LogP contribution >= 0.6 is 0 Å². The molecule has 118 valence electrons. The monoisotopic (exact) mass is 320 g/mol. The van der Waals surface area contributed by atoms with Crippen molar-refractivity contribution in [3.05, 3.63) is 54.7 Å². The maximum Gasteiger partial charge on any atom is 0.354 e. The van der Waals surface area contributed by atoms with Gasteiger partial charge in [0.1, 0.15) is 11.2 Å². The molecular weight excluding hydrogens is 308 g/mol. The van der Waals surface area contributed by atoms with E-state index in [1.807, 2.05) is 29.8 Å². The van der Waals surface area contributed by atoms with Crippen molar-refractivity contribution < 1.29 is 14.3 Å². The average molecular weight is 320 g/mol. The van der Waals surface area contributed by atoms with E-state index in [-0.39, 0.29) is 5.69 Å². The first kappa shape index (κ1) is 14.1. The van der Waals surface area contributed by atoms with E-state index in [4.69, 9.17) is 9.52 Å². The van der Waals surface area contributed by atoms with Crippen LogP contribution in [0.15, 0.2) is 53.5 Å². The lowest BCUT2D eigenvalue weighted by atomic mass is 10.1. The van der Waals surface area contributed by atoms with Gasteiger partial charge in [-0.1, -0.05) is 6.07 Å². The van der Waals surface area contributed by atoms with Gasteiger partial charge in [0.2, 0.25) is 5.89 Å². The molecule has 0 aliphatic rings. The number of hydrogen-bond acceptors (Lipinski definition) is 5. The lowest BCUT2D eigenvalue weighted by Gasteiger charge is -2.01. The lowest BCUT2D eigenvalue weighted by molar-refractivity contribution is 0.0690. The summed E-state index contributed by atoms with van der Waals surface area (Å²) in [6.07, 6.45) is 4.94. The molecule has 0 amide bonds. The molecule has 0 unspecified atom stereocenters. The van der Waals surface area contributed by atoms with Crippen LogP contribution in [0, 0.1) is 0 Å². The van der Waals surface area contributed by atoms with Crippen LogP contribution in [0.25, 0.3) is 33.8 Å². The number of aryl methyl sites for hydroxylation is 1. The van der Waals surface area contributed by atoms with Crippen LogP contribution in [0.2, 0.25) is 0 Å². The van der Waals surface area contributed by atoms with Gasteiger partial charge in [0, 0.05) is 24.4 Å². The summed E-state index contributed by atoms with van der Waals surface area (Å²) in [7, 11) is 1.92. The van der Waals surface area contributed by atoms with Crippen molar-refractivity contribution in [2.24, 2.45) is 7.05 Å². The molecule has 3 aromatic heterocycles. The zero-order chi connectivity index (χ0) is 16.7. The number of aromatic nitrogens is 4. The molecule has 24 heavy (non-hydrogen) atoms.